The van der Waals surface area contributed by atoms with Crippen molar-refractivity contribution in [2.45, 2.75) is 24.6 Å². The van der Waals surface area contributed by atoms with Gasteiger partial charge in [-0.25, -0.2) is 4.39 Å². The molecule has 270 valence electrons. The molecule has 0 aliphatic carbocycles. The molecule has 0 bridgehead atoms. The number of carbonyl (C=O) groups excluding carboxylic acids is 1. The zero-order valence-corrected chi connectivity index (χ0v) is 29.0. The maximum Gasteiger partial charge on any atom is 0.435 e. The number of nitrogens with one attached hydrogen (secondary N) is 1. The van der Waals surface area contributed by atoms with Crippen LogP contribution in [-0.2, 0) is 16.5 Å². The summed E-state index contributed by atoms with van der Waals surface area (Å²) in [5.41, 5.74) is 2.33. The average molecular weight is 726 g/mol. The number of carbonyl (C=O) groups is 1. The summed E-state index contributed by atoms with van der Waals surface area (Å²) >= 11 is 0. The standard InChI is InChI=1S/C44H35F4N5O/c45-35-17-19-36(20-18-35)50-42(54)30-23-26-52(27-24-30)40-22-25-49-39-21-16-31(28-37(39)40)38-29-53(51-41(38)44(46,47)48)43(32-10-4-1-5-11-32,33-12-6-2-7-13-33)34-14-8-3-9-15-34/h1-22,25,28-30H,23-24,26-27H2,(H,50,54). The van der Waals surface area contributed by atoms with Crippen LogP contribution in [0, 0.1) is 11.7 Å². The molecule has 0 saturated carbocycles. The van der Waals surface area contributed by atoms with Crippen LogP contribution in [0.1, 0.15) is 35.2 Å². The van der Waals surface area contributed by atoms with Crippen molar-refractivity contribution >= 4 is 28.2 Å². The number of pyridine rings is 1. The van der Waals surface area contributed by atoms with E-state index in [-0.39, 0.29) is 23.2 Å². The minimum absolute atomic E-state index is 0.0532. The van der Waals surface area contributed by atoms with Crippen LogP contribution in [0.15, 0.2) is 152 Å². The molecule has 1 saturated heterocycles. The fourth-order valence-electron chi connectivity index (χ4n) is 7.64. The maximum absolute atomic E-state index is 15.1. The van der Waals surface area contributed by atoms with Gasteiger partial charge in [0.2, 0.25) is 5.91 Å². The van der Waals surface area contributed by atoms with Crippen LogP contribution in [0.25, 0.3) is 22.0 Å². The summed E-state index contributed by atoms with van der Waals surface area (Å²) in [5, 5.41) is 8.00. The molecule has 54 heavy (non-hydrogen) atoms. The molecule has 7 aromatic rings. The monoisotopic (exact) mass is 725 g/mol. The predicted molar refractivity (Wildman–Crippen MR) is 203 cm³/mol. The summed E-state index contributed by atoms with van der Waals surface area (Å²) in [6, 6.07) is 41.1. The van der Waals surface area contributed by atoms with Crippen molar-refractivity contribution in [3.63, 3.8) is 0 Å². The first-order valence-corrected chi connectivity index (χ1v) is 17.8. The number of benzene rings is 5. The first-order valence-electron chi connectivity index (χ1n) is 17.8. The second-order valence-corrected chi connectivity index (χ2v) is 13.5. The molecule has 0 spiro atoms. The number of rotatable bonds is 8. The van der Waals surface area contributed by atoms with Gasteiger partial charge in [-0.1, -0.05) is 97.1 Å². The molecule has 1 N–H and O–H groups in total. The van der Waals surface area contributed by atoms with Crippen LogP contribution in [0.5, 0.6) is 0 Å². The molecule has 1 amide bonds. The zero-order valence-electron chi connectivity index (χ0n) is 29.0. The minimum Gasteiger partial charge on any atom is -0.371 e. The van der Waals surface area contributed by atoms with Gasteiger partial charge in [-0.05, 0) is 77.6 Å². The normalized spacial score (nSPS) is 14.0. The van der Waals surface area contributed by atoms with Crippen molar-refractivity contribution in [3.05, 3.63) is 180 Å². The number of nitrogens with zero attached hydrogens (tertiary/aromatic N) is 4. The summed E-state index contributed by atoms with van der Waals surface area (Å²) in [4.78, 5) is 19.7. The lowest BCUT2D eigenvalue weighted by Gasteiger charge is -2.36. The highest BCUT2D eigenvalue weighted by Gasteiger charge is 2.44. The number of piperidine rings is 1. The highest BCUT2D eigenvalue weighted by Crippen LogP contribution is 2.45. The largest absolute Gasteiger partial charge is 0.435 e. The highest BCUT2D eigenvalue weighted by atomic mass is 19.4. The Morgan fingerprint density at radius 1 is 0.722 bits per heavy atom. The lowest BCUT2D eigenvalue weighted by atomic mass is 9.77. The Hall–Kier alpha value is -6.29. The molecule has 1 aliphatic rings. The summed E-state index contributed by atoms with van der Waals surface area (Å²) in [6.07, 6.45) is -0.417. The molecule has 5 aromatic carbocycles. The maximum atomic E-state index is 15.1. The number of aromatic nitrogens is 3. The van der Waals surface area contributed by atoms with Gasteiger partial charge in [-0.3, -0.25) is 14.5 Å². The number of amides is 1. The molecular weight excluding hydrogens is 691 g/mol. The smallest absolute Gasteiger partial charge is 0.371 e. The van der Waals surface area contributed by atoms with Crippen LogP contribution >= 0.6 is 0 Å². The summed E-state index contributed by atoms with van der Waals surface area (Å²) < 4.78 is 60.2. The van der Waals surface area contributed by atoms with Gasteiger partial charge in [0, 0.05) is 53.7 Å². The van der Waals surface area contributed by atoms with Crippen LogP contribution in [0.3, 0.4) is 0 Å². The predicted octanol–water partition coefficient (Wildman–Crippen LogP) is 9.95. The Balaban J connectivity index is 1.20. The topological polar surface area (TPSA) is 63.1 Å². The SMILES string of the molecule is O=C(Nc1ccc(F)cc1)C1CCN(c2ccnc3ccc(-c4cn(C(c5ccccc5)(c5ccccc5)c5ccccc5)nc4C(F)(F)F)cc23)CC1. The first kappa shape index (κ1) is 34.8. The summed E-state index contributed by atoms with van der Waals surface area (Å²) in [7, 11) is 0. The number of hydrogen-bond donors (Lipinski definition) is 1. The van der Waals surface area contributed by atoms with Crippen molar-refractivity contribution in [1.29, 1.82) is 0 Å². The van der Waals surface area contributed by atoms with Gasteiger partial charge in [0.25, 0.3) is 0 Å². The van der Waals surface area contributed by atoms with Crippen molar-refractivity contribution in [3.8, 4) is 11.1 Å². The second-order valence-electron chi connectivity index (χ2n) is 13.5. The van der Waals surface area contributed by atoms with Gasteiger partial charge in [-0.15, -0.1) is 0 Å². The Kier molecular flexibility index (Phi) is 9.19. The average Bonchev–Trinajstić information content (AvgIpc) is 3.67. The van der Waals surface area contributed by atoms with Gasteiger partial charge in [0.1, 0.15) is 11.4 Å². The molecule has 6 nitrogen and oxygen atoms in total. The van der Waals surface area contributed by atoms with E-state index in [0.29, 0.717) is 48.1 Å². The zero-order chi connectivity index (χ0) is 37.3. The van der Waals surface area contributed by atoms with E-state index in [1.807, 2.05) is 97.1 Å². The van der Waals surface area contributed by atoms with E-state index >= 15 is 13.2 Å². The molecule has 0 atom stereocenters. The molecule has 0 radical (unpaired) electrons. The highest BCUT2D eigenvalue weighted by molar-refractivity contribution is 5.96. The molecule has 1 aliphatic heterocycles. The van der Waals surface area contributed by atoms with Crippen molar-refractivity contribution in [1.82, 2.24) is 14.8 Å². The molecular formula is C44H35F4N5O. The summed E-state index contributed by atoms with van der Waals surface area (Å²) in [6.45, 7) is 1.12. The van der Waals surface area contributed by atoms with Gasteiger partial charge >= 0.3 is 6.18 Å². The molecule has 3 heterocycles. The molecule has 1 fully saturated rings. The van der Waals surface area contributed by atoms with Crippen LogP contribution < -0.4 is 10.2 Å². The third-order valence-corrected chi connectivity index (χ3v) is 10.2. The molecule has 0 unspecified atom stereocenters. The minimum atomic E-state index is -4.76. The Bertz CT molecular complexity index is 2290. The Labute approximate surface area is 309 Å². The van der Waals surface area contributed by atoms with E-state index < -0.39 is 17.4 Å². The van der Waals surface area contributed by atoms with E-state index in [0.717, 1.165) is 22.4 Å². The molecule has 10 heteroatoms. The number of halogens is 4. The van der Waals surface area contributed by atoms with Crippen molar-refractivity contribution in [2.75, 3.05) is 23.3 Å². The van der Waals surface area contributed by atoms with Gasteiger partial charge in [-0.2, -0.15) is 18.3 Å². The molecule has 8 rings (SSSR count). The van der Waals surface area contributed by atoms with Crippen molar-refractivity contribution in [2.24, 2.45) is 5.92 Å². The number of alkyl halides is 3. The lowest BCUT2D eigenvalue weighted by Crippen LogP contribution is -2.38. The third kappa shape index (κ3) is 6.48. The molecule has 2 aromatic heterocycles. The van der Waals surface area contributed by atoms with Gasteiger partial charge < -0.3 is 10.2 Å². The van der Waals surface area contributed by atoms with E-state index in [2.05, 4.69) is 20.3 Å². The third-order valence-electron chi connectivity index (χ3n) is 10.2. The van der Waals surface area contributed by atoms with Gasteiger partial charge in [0.05, 0.1) is 5.52 Å². The van der Waals surface area contributed by atoms with Crippen LogP contribution in [0.2, 0.25) is 0 Å². The Morgan fingerprint density at radius 2 is 1.30 bits per heavy atom. The quantitative estimate of drug-likeness (QED) is 0.125. The second kappa shape index (κ2) is 14.3. The van der Waals surface area contributed by atoms with E-state index in [4.69, 9.17) is 0 Å². The number of fused-ring (bicyclic) bond motifs is 1. The summed E-state index contributed by atoms with van der Waals surface area (Å²) in [5.74, 6) is -0.746. The van der Waals surface area contributed by atoms with Crippen LogP contribution in [-0.4, -0.2) is 33.8 Å². The van der Waals surface area contributed by atoms with Crippen molar-refractivity contribution < 1.29 is 22.4 Å². The fraction of sp³-hybridized carbons (Fsp3) is 0.159. The Morgan fingerprint density at radius 3 is 1.85 bits per heavy atom. The first-order chi connectivity index (χ1) is 26.2. The van der Waals surface area contributed by atoms with Gasteiger partial charge in [0.15, 0.2) is 5.69 Å². The number of anilines is 2. The fourth-order valence-corrected chi connectivity index (χ4v) is 7.64. The van der Waals surface area contributed by atoms with E-state index in [9.17, 15) is 9.18 Å². The van der Waals surface area contributed by atoms with Crippen LogP contribution in [0.4, 0.5) is 28.9 Å². The number of hydrogen-bond acceptors (Lipinski definition) is 4. The van der Waals surface area contributed by atoms with E-state index in [1.54, 1.807) is 24.4 Å². The lowest BCUT2D eigenvalue weighted by molar-refractivity contribution is -0.141. The van der Waals surface area contributed by atoms with E-state index in [1.165, 1.54) is 35.1 Å².